The predicted molar refractivity (Wildman–Crippen MR) is 80.0 cm³/mol. The van der Waals surface area contributed by atoms with E-state index in [0.717, 1.165) is 27.8 Å². The number of rotatable bonds is 4. The largest absolute Gasteiger partial charge is 0.493 e. The van der Waals surface area contributed by atoms with Gasteiger partial charge in [-0.3, -0.25) is 18.6 Å². The van der Waals surface area contributed by atoms with Gasteiger partial charge in [0.05, 0.1) is 0 Å². The standard InChI is InChI=1S/C13H18N6O3/c1-5-6-19-8(2)7-9(16-19)14-15-10-11(20)17(3)13(22)18(4)12(10)21/h7,20H,5-6H2,1-4H3. The zero-order valence-corrected chi connectivity index (χ0v) is 12.9. The number of nitrogens with zero attached hydrogens (tertiary/aromatic N) is 6. The molecular weight excluding hydrogens is 288 g/mol. The lowest BCUT2D eigenvalue weighted by Crippen LogP contribution is -2.36. The normalized spacial score (nSPS) is 11.5. The molecule has 0 aliphatic heterocycles. The number of hydrogen-bond donors (Lipinski definition) is 1. The molecule has 0 aliphatic rings. The minimum atomic E-state index is -0.714. The van der Waals surface area contributed by atoms with Crippen LogP contribution in [0.15, 0.2) is 25.9 Å². The summed E-state index contributed by atoms with van der Waals surface area (Å²) in [5, 5.41) is 21.7. The zero-order valence-electron chi connectivity index (χ0n) is 12.9. The van der Waals surface area contributed by atoms with Gasteiger partial charge in [0.2, 0.25) is 11.6 Å². The van der Waals surface area contributed by atoms with Gasteiger partial charge in [-0.15, -0.1) is 10.2 Å². The maximum absolute atomic E-state index is 12.0. The summed E-state index contributed by atoms with van der Waals surface area (Å²) in [6.45, 7) is 4.69. The second-order valence-corrected chi connectivity index (χ2v) is 4.95. The molecule has 0 amide bonds. The molecule has 0 spiro atoms. The lowest BCUT2D eigenvalue weighted by Gasteiger charge is -2.05. The van der Waals surface area contributed by atoms with Crippen LogP contribution in [0.3, 0.4) is 0 Å². The Morgan fingerprint density at radius 1 is 1.23 bits per heavy atom. The molecule has 1 N–H and O–H groups in total. The lowest BCUT2D eigenvalue weighted by molar-refractivity contribution is 0.413. The van der Waals surface area contributed by atoms with Crippen LogP contribution in [0.2, 0.25) is 0 Å². The fraction of sp³-hybridized carbons (Fsp3) is 0.462. The maximum atomic E-state index is 12.0. The lowest BCUT2D eigenvalue weighted by atomic mass is 10.4. The first-order valence-electron chi connectivity index (χ1n) is 6.82. The van der Waals surface area contributed by atoms with Gasteiger partial charge in [0.1, 0.15) is 0 Å². The molecule has 2 aromatic heterocycles. The summed E-state index contributed by atoms with van der Waals surface area (Å²) in [6, 6.07) is 1.72. The Morgan fingerprint density at radius 2 is 1.91 bits per heavy atom. The van der Waals surface area contributed by atoms with Crippen molar-refractivity contribution in [2.75, 3.05) is 0 Å². The van der Waals surface area contributed by atoms with Gasteiger partial charge in [0.15, 0.2) is 5.82 Å². The fourth-order valence-corrected chi connectivity index (χ4v) is 1.98. The van der Waals surface area contributed by atoms with Gasteiger partial charge in [-0.05, 0) is 13.3 Å². The van der Waals surface area contributed by atoms with Crippen molar-refractivity contribution in [2.45, 2.75) is 26.8 Å². The second kappa shape index (κ2) is 5.96. The van der Waals surface area contributed by atoms with Crippen LogP contribution >= 0.6 is 0 Å². The Kier molecular flexibility index (Phi) is 4.25. The van der Waals surface area contributed by atoms with Crippen LogP contribution < -0.4 is 11.2 Å². The van der Waals surface area contributed by atoms with Gasteiger partial charge in [-0.1, -0.05) is 6.92 Å². The number of aromatic hydroxyl groups is 1. The van der Waals surface area contributed by atoms with Crippen molar-refractivity contribution in [3.05, 3.63) is 32.6 Å². The molecular formula is C13H18N6O3. The van der Waals surface area contributed by atoms with E-state index in [1.807, 2.05) is 13.8 Å². The molecule has 0 aromatic carbocycles. The first-order valence-corrected chi connectivity index (χ1v) is 6.82. The molecule has 2 aromatic rings. The van der Waals surface area contributed by atoms with E-state index in [1.54, 1.807) is 10.7 Å². The molecule has 9 nitrogen and oxygen atoms in total. The van der Waals surface area contributed by atoms with E-state index >= 15 is 0 Å². The highest BCUT2D eigenvalue weighted by atomic mass is 16.3. The Hall–Kier alpha value is -2.71. The summed E-state index contributed by atoms with van der Waals surface area (Å²) >= 11 is 0. The first kappa shape index (κ1) is 15.7. The molecule has 22 heavy (non-hydrogen) atoms. The smallest absolute Gasteiger partial charge is 0.333 e. The summed E-state index contributed by atoms with van der Waals surface area (Å²) in [5.74, 6) is -0.192. The fourth-order valence-electron chi connectivity index (χ4n) is 1.98. The first-order chi connectivity index (χ1) is 10.4. The molecule has 9 heteroatoms. The summed E-state index contributed by atoms with van der Waals surface area (Å²) in [5.41, 5.74) is -0.723. The third kappa shape index (κ3) is 2.69. The van der Waals surface area contributed by atoms with Crippen LogP contribution in [0.25, 0.3) is 0 Å². The number of aryl methyl sites for hydroxylation is 2. The maximum Gasteiger partial charge on any atom is 0.333 e. The van der Waals surface area contributed by atoms with Gasteiger partial charge in [0.25, 0.3) is 5.56 Å². The van der Waals surface area contributed by atoms with Crippen molar-refractivity contribution < 1.29 is 5.11 Å². The van der Waals surface area contributed by atoms with E-state index in [9.17, 15) is 14.7 Å². The van der Waals surface area contributed by atoms with E-state index in [0.29, 0.717) is 5.82 Å². The highest BCUT2D eigenvalue weighted by Gasteiger charge is 2.14. The highest BCUT2D eigenvalue weighted by molar-refractivity contribution is 5.44. The minimum Gasteiger partial charge on any atom is -0.493 e. The quantitative estimate of drug-likeness (QED) is 0.854. The summed E-state index contributed by atoms with van der Waals surface area (Å²) in [4.78, 5) is 23.6. The van der Waals surface area contributed by atoms with E-state index in [2.05, 4.69) is 15.3 Å². The molecule has 0 aliphatic carbocycles. The van der Waals surface area contributed by atoms with Crippen molar-refractivity contribution in [3.8, 4) is 5.88 Å². The van der Waals surface area contributed by atoms with Gasteiger partial charge < -0.3 is 5.11 Å². The summed E-state index contributed by atoms with van der Waals surface area (Å²) in [7, 11) is 2.65. The van der Waals surface area contributed by atoms with Crippen LogP contribution in [0.4, 0.5) is 11.5 Å². The van der Waals surface area contributed by atoms with Crippen molar-refractivity contribution >= 4 is 11.5 Å². The summed E-state index contributed by atoms with van der Waals surface area (Å²) in [6.07, 6.45) is 0.932. The zero-order chi connectivity index (χ0) is 16.4. The molecule has 0 atom stereocenters. The predicted octanol–water partition coefficient (Wildman–Crippen LogP) is 1.12. The molecule has 0 unspecified atom stereocenters. The Balaban J connectivity index is 2.45. The Morgan fingerprint density at radius 3 is 2.55 bits per heavy atom. The molecule has 2 rings (SSSR count). The van der Waals surface area contributed by atoms with Gasteiger partial charge >= 0.3 is 5.69 Å². The molecule has 118 valence electrons. The topological polar surface area (TPSA) is 107 Å². The highest BCUT2D eigenvalue weighted by Crippen LogP contribution is 2.22. The van der Waals surface area contributed by atoms with Crippen LogP contribution in [0.1, 0.15) is 19.0 Å². The monoisotopic (exact) mass is 306 g/mol. The van der Waals surface area contributed by atoms with Gasteiger partial charge in [0, 0.05) is 32.4 Å². The van der Waals surface area contributed by atoms with E-state index in [1.165, 1.54) is 14.1 Å². The average Bonchev–Trinajstić information content (AvgIpc) is 2.84. The number of hydrogen-bond acceptors (Lipinski definition) is 6. The SMILES string of the molecule is CCCn1nc(N=Nc2c(O)n(C)c(=O)n(C)c2=O)cc1C. The van der Waals surface area contributed by atoms with Gasteiger partial charge in [-0.2, -0.15) is 5.10 Å². The number of azo groups is 1. The molecule has 0 fully saturated rings. The van der Waals surface area contributed by atoms with Crippen molar-refractivity contribution in [1.29, 1.82) is 0 Å². The van der Waals surface area contributed by atoms with E-state index in [4.69, 9.17) is 0 Å². The van der Waals surface area contributed by atoms with E-state index < -0.39 is 17.1 Å². The van der Waals surface area contributed by atoms with E-state index in [-0.39, 0.29) is 5.69 Å². The van der Waals surface area contributed by atoms with Gasteiger partial charge in [-0.25, -0.2) is 4.79 Å². The third-order valence-electron chi connectivity index (χ3n) is 3.27. The average molecular weight is 306 g/mol. The van der Waals surface area contributed by atoms with Crippen LogP contribution in [0.5, 0.6) is 5.88 Å². The number of aromatic nitrogens is 4. The summed E-state index contributed by atoms with van der Waals surface area (Å²) < 4.78 is 3.57. The van der Waals surface area contributed by atoms with Crippen LogP contribution in [0, 0.1) is 6.92 Å². The molecule has 2 heterocycles. The Bertz CT molecular complexity index is 843. The molecule has 0 radical (unpaired) electrons. The molecule has 0 saturated carbocycles. The minimum absolute atomic E-state index is 0.299. The van der Waals surface area contributed by atoms with Crippen molar-refractivity contribution in [3.63, 3.8) is 0 Å². The second-order valence-electron chi connectivity index (χ2n) is 4.95. The van der Waals surface area contributed by atoms with Crippen LogP contribution in [-0.4, -0.2) is 24.0 Å². The van der Waals surface area contributed by atoms with Crippen LogP contribution in [-0.2, 0) is 20.6 Å². The molecule has 0 bridgehead atoms. The van der Waals surface area contributed by atoms with Crippen molar-refractivity contribution in [2.24, 2.45) is 24.3 Å². The third-order valence-corrected chi connectivity index (χ3v) is 3.27. The van der Waals surface area contributed by atoms with Crippen molar-refractivity contribution in [1.82, 2.24) is 18.9 Å². The Labute approximate surface area is 126 Å². The molecule has 0 saturated heterocycles.